The van der Waals surface area contributed by atoms with E-state index in [9.17, 15) is 0 Å². The van der Waals surface area contributed by atoms with Gasteiger partial charge in [0.05, 0.1) is 11.9 Å². The normalized spacial score (nSPS) is 11.1. The van der Waals surface area contributed by atoms with Gasteiger partial charge in [-0.15, -0.1) is 0 Å². The van der Waals surface area contributed by atoms with Crippen molar-refractivity contribution in [2.45, 2.75) is 13.8 Å². The van der Waals surface area contributed by atoms with E-state index >= 15 is 0 Å². The van der Waals surface area contributed by atoms with E-state index < -0.39 is 0 Å². The summed E-state index contributed by atoms with van der Waals surface area (Å²) in [6.07, 6.45) is 1.90. The maximum absolute atomic E-state index is 4.38. The molecule has 21 heavy (non-hydrogen) atoms. The Bertz CT molecular complexity index is 786. The van der Waals surface area contributed by atoms with E-state index in [-0.39, 0.29) is 0 Å². The minimum absolute atomic E-state index is 0.995. The van der Waals surface area contributed by atoms with Crippen molar-refractivity contribution >= 4 is 22.7 Å². The lowest BCUT2D eigenvalue weighted by molar-refractivity contribution is 1.33. The Balaban J connectivity index is 1.89. The molecule has 0 aliphatic heterocycles. The molecule has 0 amide bonds. The first-order valence-corrected chi connectivity index (χ1v) is 7.08. The minimum Gasteiger partial charge on any atom is -0.279 e. The largest absolute Gasteiger partial charge is 0.279 e. The Morgan fingerprint density at radius 2 is 1.62 bits per heavy atom. The molecule has 2 nitrogen and oxygen atoms in total. The van der Waals surface area contributed by atoms with Crippen LogP contribution in [0.25, 0.3) is 10.8 Å². The molecule has 0 bridgehead atoms. The number of benzene rings is 3. The van der Waals surface area contributed by atoms with Crippen molar-refractivity contribution in [3.63, 3.8) is 0 Å². The summed E-state index contributed by atoms with van der Waals surface area (Å²) in [6.45, 7) is 4.19. The molecule has 0 aliphatic rings. The second-order valence-electron chi connectivity index (χ2n) is 5.25. The van der Waals surface area contributed by atoms with Gasteiger partial charge >= 0.3 is 0 Å². The molecule has 0 saturated carbocycles. The molecule has 0 saturated heterocycles. The van der Waals surface area contributed by atoms with Crippen LogP contribution < -0.4 is 5.43 Å². The molecule has 2 heteroatoms. The lowest BCUT2D eigenvalue weighted by atomic mass is 10.0. The van der Waals surface area contributed by atoms with Gasteiger partial charge in [-0.25, -0.2) is 0 Å². The fourth-order valence-corrected chi connectivity index (χ4v) is 2.38. The Kier molecular flexibility index (Phi) is 3.69. The summed E-state index contributed by atoms with van der Waals surface area (Å²) < 4.78 is 0. The van der Waals surface area contributed by atoms with Gasteiger partial charge in [-0.05, 0) is 42.3 Å². The highest BCUT2D eigenvalue weighted by atomic mass is 15.3. The van der Waals surface area contributed by atoms with Crippen LogP contribution in [0.15, 0.2) is 65.8 Å². The fraction of sp³-hybridized carbons (Fsp3) is 0.105. The van der Waals surface area contributed by atoms with Gasteiger partial charge < -0.3 is 0 Å². The molecule has 3 aromatic carbocycles. The number of rotatable bonds is 3. The molecule has 0 aromatic heterocycles. The first-order valence-electron chi connectivity index (χ1n) is 7.08. The SMILES string of the molecule is Cc1ccc(N/N=C/c2c(C)ccc3ccccc23)cc1. The van der Waals surface area contributed by atoms with Crippen LogP contribution in [0.4, 0.5) is 5.69 Å². The highest BCUT2D eigenvalue weighted by molar-refractivity contribution is 6.01. The monoisotopic (exact) mass is 274 g/mol. The van der Waals surface area contributed by atoms with Crippen LogP contribution in [0.5, 0.6) is 0 Å². The number of anilines is 1. The third kappa shape index (κ3) is 2.95. The van der Waals surface area contributed by atoms with Crippen molar-refractivity contribution < 1.29 is 0 Å². The number of nitrogens with zero attached hydrogens (tertiary/aromatic N) is 1. The summed E-state index contributed by atoms with van der Waals surface area (Å²) >= 11 is 0. The Morgan fingerprint density at radius 1 is 0.857 bits per heavy atom. The number of hydrogen-bond acceptors (Lipinski definition) is 2. The zero-order valence-electron chi connectivity index (χ0n) is 12.3. The van der Waals surface area contributed by atoms with Gasteiger partial charge in [0.2, 0.25) is 0 Å². The predicted molar refractivity (Wildman–Crippen MR) is 91.1 cm³/mol. The summed E-state index contributed by atoms with van der Waals surface area (Å²) in [5.41, 5.74) is 7.71. The molecular weight excluding hydrogens is 256 g/mol. The molecule has 104 valence electrons. The number of hydrogen-bond donors (Lipinski definition) is 1. The van der Waals surface area contributed by atoms with E-state index in [0.717, 1.165) is 11.3 Å². The molecule has 1 N–H and O–H groups in total. The Morgan fingerprint density at radius 3 is 2.43 bits per heavy atom. The molecule has 0 spiro atoms. The minimum atomic E-state index is 0.995. The van der Waals surface area contributed by atoms with Crippen molar-refractivity contribution in [1.82, 2.24) is 0 Å². The summed E-state index contributed by atoms with van der Waals surface area (Å²) in [5.74, 6) is 0. The highest BCUT2D eigenvalue weighted by Gasteiger charge is 2.01. The van der Waals surface area contributed by atoms with Crippen LogP contribution in [0, 0.1) is 13.8 Å². The molecule has 0 atom stereocenters. The molecule has 3 rings (SSSR count). The number of fused-ring (bicyclic) bond motifs is 1. The second kappa shape index (κ2) is 5.80. The van der Waals surface area contributed by atoms with Crippen molar-refractivity contribution in [3.8, 4) is 0 Å². The van der Waals surface area contributed by atoms with Crippen LogP contribution in [-0.4, -0.2) is 6.21 Å². The maximum atomic E-state index is 4.38. The zero-order valence-corrected chi connectivity index (χ0v) is 12.3. The lowest BCUT2D eigenvalue weighted by Gasteiger charge is -2.06. The summed E-state index contributed by atoms with van der Waals surface area (Å²) in [6, 6.07) is 20.9. The van der Waals surface area contributed by atoms with E-state index in [4.69, 9.17) is 0 Å². The number of nitrogens with one attached hydrogen (secondary N) is 1. The molecule has 0 unspecified atom stereocenters. The predicted octanol–water partition coefficient (Wildman–Crippen LogP) is 4.90. The highest BCUT2D eigenvalue weighted by Crippen LogP contribution is 2.20. The number of hydrazone groups is 1. The van der Waals surface area contributed by atoms with Crippen LogP contribution in [0.3, 0.4) is 0 Å². The van der Waals surface area contributed by atoms with Gasteiger partial charge in [0.1, 0.15) is 0 Å². The fourth-order valence-electron chi connectivity index (χ4n) is 2.38. The summed E-state index contributed by atoms with van der Waals surface area (Å²) in [4.78, 5) is 0. The van der Waals surface area contributed by atoms with E-state index in [1.165, 1.54) is 21.9 Å². The maximum Gasteiger partial charge on any atom is 0.0561 e. The van der Waals surface area contributed by atoms with E-state index in [0.29, 0.717) is 0 Å². The van der Waals surface area contributed by atoms with Gasteiger partial charge in [-0.3, -0.25) is 5.43 Å². The second-order valence-corrected chi connectivity index (χ2v) is 5.25. The molecule has 0 aliphatic carbocycles. The lowest BCUT2D eigenvalue weighted by Crippen LogP contribution is -1.94. The third-order valence-corrected chi connectivity index (χ3v) is 3.63. The quantitative estimate of drug-likeness (QED) is 0.533. The van der Waals surface area contributed by atoms with Gasteiger partial charge in [0, 0.05) is 5.56 Å². The van der Waals surface area contributed by atoms with Crippen LogP contribution in [-0.2, 0) is 0 Å². The first-order chi connectivity index (χ1) is 10.2. The average Bonchev–Trinajstić information content (AvgIpc) is 2.51. The van der Waals surface area contributed by atoms with Crippen molar-refractivity contribution in [3.05, 3.63) is 77.4 Å². The van der Waals surface area contributed by atoms with Crippen LogP contribution in [0.2, 0.25) is 0 Å². The van der Waals surface area contributed by atoms with E-state index in [1.807, 2.05) is 18.3 Å². The summed E-state index contributed by atoms with van der Waals surface area (Å²) in [5, 5.41) is 6.84. The van der Waals surface area contributed by atoms with Crippen LogP contribution >= 0.6 is 0 Å². The van der Waals surface area contributed by atoms with Gasteiger partial charge in [0.25, 0.3) is 0 Å². The van der Waals surface area contributed by atoms with Gasteiger partial charge in [-0.2, -0.15) is 5.10 Å². The smallest absolute Gasteiger partial charge is 0.0561 e. The topological polar surface area (TPSA) is 24.4 Å². The first kappa shape index (κ1) is 13.4. The van der Waals surface area contributed by atoms with Gasteiger partial charge in [0.15, 0.2) is 0 Å². The molecule has 0 heterocycles. The molecule has 0 fully saturated rings. The third-order valence-electron chi connectivity index (χ3n) is 3.63. The zero-order chi connectivity index (χ0) is 14.7. The van der Waals surface area contributed by atoms with Gasteiger partial charge in [-0.1, -0.05) is 54.1 Å². The Labute approximate surface area is 125 Å². The molecule has 0 radical (unpaired) electrons. The van der Waals surface area contributed by atoms with Crippen LogP contribution in [0.1, 0.15) is 16.7 Å². The van der Waals surface area contributed by atoms with Crippen molar-refractivity contribution in [2.24, 2.45) is 5.10 Å². The van der Waals surface area contributed by atoms with Crippen molar-refractivity contribution in [2.75, 3.05) is 5.43 Å². The standard InChI is InChI=1S/C19H18N2/c1-14-7-11-17(12-8-14)21-20-13-19-15(2)9-10-16-5-3-4-6-18(16)19/h3-13,21H,1-2H3/b20-13+. The summed E-state index contributed by atoms with van der Waals surface area (Å²) in [7, 11) is 0. The van der Waals surface area contributed by atoms with Crippen molar-refractivity contribution in [1.29, 1.82) is 0 Å². The molecular formula is C19H18N2. The Hall–Kier alpha value is -2.61. The van der Waals surface area contributed by atoms with E-state index in [1.54, 1.807) is 0 Å². The average molecular weight is 274 g/mol. The number of aryl methyl sites for hydroxylation is 2. The van der Waals surface area contributed by atoms with E-state index in [2.05, 4.69) is 72.9 Å². The molecule has 3 aromatic rings.